The van der Waals surface area contributed by atoms with Gasteiger partial charge in [-0.1, -0.05) is 48.5 Å². The molecule has 1 saturated heterocycles. The minimum Gasteiger partial charge on any atom is -0.506 e. The van der Waals surface area contributed by atoms with E-state index in [-0.39, 0.29) is 23.8 Å². The fourth-order valence-corrected chi connectivity index (χ4v) is 4.46. The highest BCUT2D eigenvalue weighted by atomic mass is 16.6. The quantitative estimate of drug-likeness (QED) is 0.700. The molecule has 2 heterocycles. The van der Waals surface area contributed by atoms with Crippen molar-refractivity contribution in [3.8, 4) is 16.9 Å². The zero-order valence-corrected chi connectivity index (χ0v) is 16.5. The molecule has 1 atom stereocenters. The van der Waals surface area contributed by atoms with Crippen LogP contribution in [0.5, 0.6) is 5.75 Å². The van der Waals surface area contributed by atoms with Crippen LogP contribution < -0.4 is 5.32 Å². The van der Waals surface area contributed by atoms with Gasteiger partial charge in [0.25, 0.3) is 0 Å². The third-order valence-corrected chi connectivity index (χ3v) is 5.93. The Kier molecular flexibility index (Phi) is 4.85. The standard InChI is InChI=1S/C24H23N3O3/c28-16-9-10-22(26-13-16)23-14-25-11-12-27(23)24(29)30-15-21-19-7-3-1-5-17(19)18-6-2-4-8-20(18)21/h1-10,13,21,23,25,28H,11-12,14-15H2. The molecule has 0 bridgehead atoms. The molecule has 1 amide bonds. The zero-order chi connectivity index (χ0) is 20.5. The first-order valence-corrected chi connectivity index (χ1v) is 10.2. The lowest BCUT2D eigenvalue weighted by atomic mass is 9.98. The van der Waals surface area contributed by atoms with Crippen molar-refractivity contribution in [3.05, 3.63) is 83.7 Å². The normalized spacial score (nSPS) is 18.0. The van der Waals surface area contributed by atoms with Crippen LogP contribution in [0, 0.1) is 0 Å². The Morgan fingerprint density at radius 2 is 1.77 bits per heavy atom. The molecule has 5 rings (SSSR count). The van der Waals surface area contributed by atoms with E-state index in [0.717, 1.165) is 5.69 Å². The van der Waals surface area contributed by atoms with Crippen LogP contribution in [0.15, 0.2) is 66.9 Å². The summed E-state index contributed by atoms with van der Waals surface area (Å²) in [5.41, 5.74) is 5.55. The van der Waals surface area contributed by atoms with Gasteiger partial charge in [0, 0.05) is 25.6 Å². The number of benzene rings is 2. The first-order chi connectivity index (χ1) is 14.7. The van der Waals surface area contributed by atoms with E-state index in [1.165, 1.54) is 28.5 Å². The van der Waals surface area contributed by atoms with Gasteiger partial charge in [0.05, 0.1) is 17.9 Å². The maximum atomic E-state index is 13.0. The van der Waals surface area contributed by atoms with Crippen LogP contribution in [0.1, 0.15) is 28.8 Å². The van der Waals surface area contributed by atoms with Gasteiger partial charge in [-0.25, -0.2) is 4.79 Å². The molecular weight excluding hydrogens is 378 g/mol. The summed E-state index contributed by atoms with van der Waals surface area (Å²) in [6.07, 6.45) is 1.07. The topological polar surface area (TPSA) is 74.7 Å². The maximum Gasteiger partial charge on any atom is 0.410 e. The number of nitrogens with one attached hydrogen (secondary N) is 1. The van der Waals surface area contributed by atoms with Crippen molar-refractivity contribution in [2.75, 3.05) is 26.2 Å². The third kappa shape index (κ3) is 3.29. The average molecular weight is 401 g/mol. The molecule has 6 nitrogen and oxygen atoms in total. The number of amides is 1. The second-order valence-electron chi connectivity index (χ2n) is 7.66. The van der Waals surface area contributed by atoms with Crippen LogP contribution in [0.25, 0.3) is 11.1 Å². The fourth-order valence-electron chi connectivity index (χ4n) is 4.46. The minimum atomic E-state index is -0.335. The van der Waals surface area contributed by atoms with Crippen molar-refractivity contribution >= 4 is 6.09 Å². The van der Waals surface area contributed by atoms with E-state index in [1.807, 2.05) is 24.3 Å². The van der Waals surface area contributed by atoms with Crippen molar-refractivity contribution in [1.82, 2.24) is 15.2 Å². The third-order valence-electron chi connectivity index (χ3n) is 5.93. The number of ether oxygens (including phenoxy) is 1. The second kappa shape index (κ2) is 7.80. The summed E-state index contributed by atoms with van der Waals surface area (Å²) in [6.45, 7) is 2.15. The van der Waals surface area contributed by atoms with Crippen LogP contribution >= 0.6 is 0 Å². The number of fused-ring (bicyclic) bond motifs is 3. The van der Waals surface area contributed by atoms with E-state index in [1.54, 1.807) is 17.0 Å². The van der Waals surface area contributed by atoms with Gasteiger partial charge in [-0.15, -0.1) is 0 Å². The van der Waals surface area contributed by atoms with E-state index in [9.17, 15) is 9.90 Å². The monoisotopic (exact) mass is 401 g/mol. The summed E-state index contributed by atoms with van der Waals surface area (Å²) >= 11 is 0. The molecule has 152 valence electrons. The van der Waals surface area contributed by atoms with E-state index in [2.05, 4.69) is 34.6 Å². The molecule has 1 unspecified atom stereocenters. The molecule has 2 aromatic carbocycles. The summed E-state index contributed by atoms with van der Waals surface area (Å²) in [7, 11) is 0. The molecule has 1 fully saturated rings. The second-order valence-corrected chi connectivity index (χ2v) is 7.66. The zero-order valence-electron chi connectivity index (χ0n) is 16.5. The van der Waals surface area contributed by atoms with Crippen molar-refractivity contribution < 1.29 is 14.6 Å². The molecule has 0 radical (unpaired) electrons. The highest BCUT2D eigenvalue weighted by Gasteiger charge is 2.33. The molecule has 30 heavy (non-hydrogen) atoms. The Balaban J connectivity index is 1.35. The number of aromatic nitrogens is 1. The number of piperazine rings is 1. The van der Waals surface area contributed by atoms with Gasteiger partial charge in [0.1, 0.15) is 12.4 Å². The van der Waals surface area contributed by atoms with E-state index in [0.29, 0.717) is 26.2 Å². The maximum absolute atomic E-state index is 13.0. The SMILES string of the molecule is O=C(OCC1c2ccccc2-c2ccccc21)N1CCNCC1c1ccc(O)cn1. The molecule has 3 aromatic rings. The molecule has 2 aliphatic rings. The molecule has 2 N–H and O–H groups in total. The smallest absolute Gasteiger partial charge is 0.410 e. The van der Waals surface area contributed by atoms with Crippen molar-refractivity contribution in [1.29, 1.82) is 0 Å². The van der Waals surface area contributed by atoms with Gasteiger partial charge < -0.3 is 15.2 Å². The largest absolute Gasteiger partial charge is 0.506 e. The molecule has 1 aliphatic heterocycles. The first-order valence-electron chi connectivity index (χ1n) is 10.2. The van der Waals surface area contributed by atoms with Crippen LogP contribution in [-0.4, -0.2) is 47.3 Å². The number of pyridine rings is 1. The summed E-state index contributed by atoms with van der Waals surface area (Å²) in [5, 5.41) is 12.8. The Morgan fingerprint density at radius 1 is 1.07 bits per heavy atom. The van der Waals surface area contributed by atoms with Crippen LogP contribution in [0.2, 0.25) is 0 Å². The molecular formula is C24H23N3O3. The lowest BCUT2D eigenvalue weighted by Gasteiger charge is -2.35. The highest BCUT2D eigenvalue weighted by Crippen LogP contribution is 2.44. The molecule has 0 saturated carbocycles. The van der Waals surface area contributed by atoms with E-state index >= 15 is 0 Å². The summed E-state index contributed by atoms with van der Waals surface area (Å²) in [6, 6.07) is 19.7. The van der Waals surface area contributed by atoms with Crippen LogP contribution in [-0.2, 0) is 4.74 Å². The molecule has 0 spiro atoms. The predicted molar refractivity (Wildman–Crippen MR) is 113 cm³/mol. The molecule has 1 aromatic heterocycles. The number of hydrogen-bond acceptors (Lipinski definition) is 5. The minimum absolute atomic E-state index is 0.0366. The molecule has 6 heteroatoms. The molecule has 1 aliphatic carbocycles. The Morgan fingerprint density at radius 3 is 2.43 bits per heavy atom. The average Bonchev–Trinajstić information content (AvgIpc) is 3.12. The Bertz CT molecular complexity index is 1020. The highest BCUT2D eigenvalue weighted by molar-refractivity contribution is 5.79. The number of rotatable bonds is 3. The lowest BCUT2D eigenvalue weighted by Crippen LogP contribution is -2.49. The van der Waals surface area contributed by atoms with Crippen molar-refractivity contribution in [2.24, 2.45) is 0 Å². The lowest BCUT2D eigenvalue weighted by molar-refractivity contribution is 0.0743. The number of carbonyl (C=O) groups is 1. The Hall–Kier alpha value is -3.38. The van der Waals surface area contributed by atoms with E-state index in [4.69, 9.17) is 4.74 Å². The van der Waals surface area contributed by atoms with Crippen molar-refractivity contribution in [3.63, 3.8) is 0 Å². The van der Waals surface area contributed by atoms with Crippen LogP contribution in [0.3, 0.4) is 0 Å². The van der Waals surface area contributed by atoms with E-state index < -0.39 is 0 Å². The van der Waals surface area contributed by atoms with Gasteiger partial charge in [-0.3, -0.25) is 9.88 Å². The number of aromatic hydroxyl groups is 1. The van der Waals surface area contributed by atoms with Crippen molar-refractivity contribution in [2.45, 2.75) is 12.0 Å². The fraction of sp³-hybridized carbons (Fsp3) is 0.250. The van der Waals surface area contributed by atoms with Gasteiger partial charge in [0.15, 0.2) is 0 Å². The van der Waals surface area contributed by atoms with Gasteiger partial charge in [0.2, 0.25) is 0 Å². The Labute approximate surface area is 175 Å². The summed E-state index contributed by atoms with van der Waals surface area (Å²) in [5.74, 6) is 0.143. The number of nitrogens with zero attached hydrogens (tertiary/aromatic N) is 2. The van der Waals surface area contributed by atoms with Gasteiger partial charge in [-0.05, 0) is 34.4 Å². The number of carbonyl (C=O) groups excluding carboxylic acids is 1. The van der Waals surface area contributed by atoms with Gasteiger partial charge in [-0.2, -0.15) is 0 Å². The summed E-state index contributed by atoms with van der Waals surface area (Å²) < 4.78 is 5.84. The number of hydrogen-bond donors (Lipinski definition) is 2. The van der Waals surface area contributed by atoms with Gasteiger partial charge >= 0.3 is 6.09 Å². The summed E-state index contributed by atoms with van der Waals surface area (Å²) in [4.78, 5) is 19.0. The first kappa shape index (κ1) is 18.6. The predicted octanol–water partition coefficient (Wildman–Crippen LogP) is 3.68. The van der Waals surface area contributed by atoms with Crippen LogP contribution in [0.4, 0.5) is 4.79 Å².